The van der Waals surface area contributed by atoms with Gasteiger partial charge in [-0.1, -0.05) is 0 Å². The molecule has 0 heterocycles. The predicted molar refractivity (Wildman–Crippen MR) is 78.2 cm³/mol. The van der Waals surface area contributed by atoms with E-state index >= 15 is 0 Å². The molecule has 1 aromatic carbocycles. The van der Waals surface area contributed by atoms with Crippen LogP contribution in [0, 0.1) is 0 Å². The minimum absolute atomic E-state index is 0.0288. The number of halogens is 1. The topological polar surface area (TPSA) is 97.4 Å². The third kappa shape index (κ3) is 4.81. The van der Waals surface area contributed by atoms with E-state index in [1.165, 1.54) is 6.26 Å². The van der Waals surface area contributed by atoms with Gasteiger partial charge < -0.3 is 0 Å². The fourth-order valence-electron chi connectivity index (χ4n) is 1.21. The summed E-state index contributed by atoms with van der Waals surface area (Å²) in [4.78, 5) is -0.267. The second kappa shape index (κ2) is 6.52. The highest BCUT2D eigenvalue weighted by molar-refractivity contribution is 8.13. The Kier molecular flexibility index (Phi) is 5.73. The third-order valence-electron chi connectivity index (χ3n) is 2.54. The molecule has 20 heavy (non-hydrogen) atoms. The van der Waals surface area contributed by atoms with Crippen molar-refractivity contribution >= 4 is 40.6 Å². The first kappa shape index (κ1) is 17.6. The molecule has 1 rings (SSSR count). The molecule has 0 aromatic heterocycles. The van der Waals surface area contributed by atoms with Crippen molar-refractivity contribution in [3.63, 3.8) is 0 Å². The summed E-state index contributed by atoms with van der Waals surface area (Å²) in [7, 11) is -3.66. The summed E-state index contributed by atoms with van der Waals surface area (Å²) in [5, 5.41) is -0.327. The Morgan fingerprint density at radius 2 is 1.60 bits per heavy atom. The molecule has 10 heteroatoms. The minimum Gasteiger partial charge on any atom is -0.260 e. The molecule has 0 saturated heterocycles. The van der Waals surface area contributed by atoms with Gasteiger partial charge in [-0.25, -0.2) is 21.6 Å². The molecule has 114 valence electrons. The van der Waals surface area contributed by atoms with Gasteiger partial charge in [-0.05, 0) is 31.2 Å². The molecular formula is C10H14ClNO5S3. The number of benzene rings is 1. The third-order valence-corrected chi connectivity index (χ3v) is 6.65. The average molecular weight is 360 g/mol. The van der Waals surface area contributed by atoms with Crippen LogP contribution in [0.4, 0.5) is 0 Å². The lowest BCUT2D eigenvalue weighted by atomic mass is 10.4. The quantitative estimate of drug-likeness (QED) is 0.752. The maximum Gasteiger partial charge on any atom is 0.261 e. The summed E-state index contributed by atoms with van der Waals surface area (Å²) in [6, 6.07) is 4.51. The highest BCUT2D eigenvalue weighted by atomic mass is 35.7. The molecular weight excluding hydrogens is 346 g/mol. The van der Waals surface area contributed by atoms with Crippen LogP contribution in [0.2, 0.25) is 0 Å². The fraction of sp³-hybridized carbons (Fsp3) is 0.400. The summed E-state index contributed by atoms with van der Waals surface area (Å²) in [5.74, 6) is 0. The summed E-state index contributed by atoms with van der Waals surface area (Å²) in [6.45, 7) is 1.68. The van der Waals surface area contributed by atoms with Crippen LogP contribution in [0.3, 0.4) is 0 Å². The molecule has 0 fully saturated rings. The van der Waals surface area contributed by atoms with Crippen molar-refractivity contribution < 1.29 is 21.0 Å². The lowest BCUT2D eigenvalue weighted by molar-refractivity contribution is 0.580. The Balaban J connectivity index is 2.91. The van der Waals surface area contributed by atoms with Crippen molar-refractivity contribution in [2.45, 2.75) is 22.0 Å². The van der Waals surface area contributed by atoms with Crippen LogP contribution in [-0.4, -0.2) is 39.1 Å². The zero-order valence-corrected chi connectivity index (χ0v) is 13.9. The van der Waals surface area contributed by atoms with E-state index < -0.39 is 29.9 Å². The van der Waals surface area contributed by atoms with Gasteiger partial charge in [0.15, 0.2) is 0 Å². The van der Waals surface area contributed by atoms with Crippen molar-refractivity contribution in [1.82, 2.24) is 4.72 Å². The van der Waals surface area contributed by atoms with E-state index in [0.29, 0.717) is 0 Å². The predicted octanol–water partition coefficient (Wildman–Crippen LogP) is 0.659. The first-order valence-electron chi connectivity index (χ1n) is 5.40. The fourth-order valence-corrected chi connectivity index (χ4v) is 3.53. The largest absolute Gasteiger partial charge is 0.261 e. The molecule has 0 aliphatic heterocycles. The van der Waals surface area contributed by atoms with Crippen LogP contribution >= 0.6 is 10.7 Å². The Bertz CT molecular complexity index is 697. The van der Waals surface area contributed by atoms with Crippen LogP contribution < -0.4 is 4.72 Å². The van der Waals surface area contributed by atoms with Gasteiger partial charge in [0.2, 0.25) is 10.0 Å². The summed E-state index contributed by atoms with van der Waals surface area (Å²) in [6.07, 6.45) is 1.49. The molecule has 1 aromatic rings. The van der Waals surface area contributed by atoms with Crippen molar-refractivity contribution in [3.8, 4) is 0 Å². The number of sulfonamides is 1. The monoisotopic (exact) mass is 359 g/mol. The van der Waals surface area contributed by atoms with Gasteiger partial charge in [-0.3, -0.25) is 4.21 Å². The summed E-state index contributed by atoms with van der Waals surface area (Å²) in [5.41, 5.74) is 0. The van der Waals surface area contributed by atoms with Crippen molar-refractivity contribution in [3.05, 3.63) is 24.3 Å². The summed E-state index contributed by atoms with van der Waals surface area (Å²) < 4.78 is 59.4. The number of hydrogen-bond acceptors (Lipinski definition) is 5. The Hall–Kier alpha value is -0.480. The lowest BCUT2D eigenvalue weighted by Crippen LogP contribution is -2.32. The molecule has 0 amide bonds. The standard InChI is InChI=1S/C10H14ClNO5S3/c1-8(18(2)13)7-12-20(16,17)10-5-3-9(4-6-10)19(11,14)15/h3-6,8,12H,7H2,1-2H3. The smallest absolute Gasteiger partial charge is 0.260 e. The molecule has 0 aliphatic rings. The molecule has 1 N–H and O–H groups in total. The van der Waals surface area contributed by atoms with Gasteiger partial charge >= 0.3 is 0 Å². The first-order chi connectivity index (χ1) is 9.04. The second-order valence-electron chi connectivity index (χ2n) is 4.07. The van der Waals surface area contributed by atoms with Gasteiger partial charge in [0.1, 0.15) is 0 Å². The van der Waals surface area contributed by atoms with E-state index in [9.17, 15) is 21.0 Å². The minimum atomic E-state index is -3.89. The zero-order valence-electron chi connectivity index (χ0n) is 10.7. The highest BCUT2D eigenvalue weighted by Gasteiger charge is 2.18. The SMILES string of the molecule is CC(CNS(=O)(=O)c1ccc(S(=O)(=O)Cl)cc1)S(C)=O. The molecule has 0 radical (unpaired) electrons. The average Bonchev–Trinajstić information content (AvgIpc) is 2.35. The highest BCUT2D eigenvalue weighted by Crippen LogP contribution is 2.17. The van der Waals surface area contributed by atoms with E-state index in [1.807, 2.05) is 0 Å². The van der Waals surface area contributed by atoms with Gasteiger partial charge in [0, 0.05) is 39.5 Å². The molecule has 2 unspecified atom stereocenters. The van der Waals surface area contributed by atoms with E-state index in [1.54, 1.807) is 6.92 Å². The van der Waals surface area contributed by atoms with E-state index in [-0.39, 0.29) is 21.6 Å². The molecule has 0 spiro atoms. The number of rotatable bonds is 6. The zero-order chi connectivity index (χ0) is 15.6. The van der Waals surface area contributed by atoms with Gasteiger partial charge in [0.25, 0.3) is 9.05 Å². The maximum absolute atomic E-state index is 11.9. The van der Waals surface area contributed by atoms with Crippen LogP contribution in [0.1, 0.15) is 6.92 Å². The summed E-state index contributed by atoms with van der Waals surface area (Å²) >= 11 is 0. The van der Waals surface area contributed by atoms with E-state index in [4.69, 9.17) is 10.7 Å². The van der Waals surface area contributed by atoms with Crippen molar-refractivity contribution in [2.75, 3.05) is 12.8 Å². The lowest BCUT2D eigenvalue weighted by Gasteiger charge is -2.10. The Morgan fingerprint density at radius 1 is 1.15 bits per heavy atom. The van der Waals surface area contributed by atoms with Gasteiger partial charge in [-0.15, -0.1) is 0 Å². The Labute approximate surface area is 125 Å². The molecule has 0 bridgehead atoms. The normalized spacial score (nSPS) is 15.8. The van der Waals surface area contributed by atoms with Gasteiger partial charge in [0.05, 0.1) is 9.79 Å². The number of hydrogen-bond donors (Lipinski definition) is 1. The van der Waals surface area contributed by atoms with Crippen LogP contribution in [0.5, 0.6) is 0 Å². The number of nitrogens with one attached hydrogen (secondary N) is 1. The molecule has 0 aliphatic carbocycles. The molecule has 0 saturated carbocycles. The van der Waals surface area contributed by atoms with E-state index in [2.05, 4.69) is 4.72 Å². The van der Waals surface area contributed by atoms with Crippen molar-refractivity contribution in [2.24, 2.45) is 0 Å². The van der Waals surface area contributed by atoms with Crippen LogP contribution in [-0.2, 0) is 29.9 Å². The molecule has 6 nitrogen and oxygen atoms in total. The van der Waals surface area contributed by atoms with Crippen molar-refractivity contribution in [1.29, 1.82) is 0 Å². The molecule has 2 atom stereocenters. The Morgan fingerprint density at radius 3 is 2.00 bits per heavy atom. The van der Waals surface area contributed by atoms with Crippen LogP contribution in [0.15, 0.2) is 34.1 Å². The maximum atomic E-state index is 11.9. The van der Waals surface area contributed by atoms with Crippen LogP contribution in [0.25, 0.3) is 0 Å². The van der Waals surface area contributed by atoms with E-state index in [0.717, 1.165) is 24.3 Å². The van der Waals surface area contributed by atoms with Gasteiger partial charge in [-0.2, -0.15) is 0 Å². The first-order valence-corrected chi connectivity index (χ1v) is 10.8. The second-order valence-corrected chi connectivity index (χ2v) is 10.2.